The highest BCUT2D eigenvalue weighted by atomic mass is 32.2. The predicted octanol–water partition coefficient (Wildman–Crippen LogP) is 5.18. The topological polar surface area (TPSA) is 81.9 Å². The molecule has 10 heteroatoms. The van der Waals surface area contributed by atoms with E-state index in [1.165, 1.54) is 35.2 Å². The van der Waals surface area contributed by atoms with E-state index in [0.29, 0.717) is 40.7 Å². The van der Waals surface area contributed by atoms with Gasteiger partial charge in [0.1, 0.15) is 11.6 Å². The molecule has 0 radical (unpaired) electrons. The van der Waals surface area contributed by atoms with Crippen molar-refractivity contribution in [1.82, 2.24) is 19.7 Å². The zero-order valence-electron chi connectivity index (χ0n) is 17.9. The number of hydrogen-bond acceptors (Lipinski definition) is 7. The minimum atomic E-state index is -0.393. The number of rotatable bonds is 10. The maximum Gasteiger partial charge on any atom is 0.239 e. The lowest BCUT2D eigenvalue weighted by Crippen LogP contribution is -2.25. The number of benzene rings is 1. The Bertz CT molecular complexity index is 976. The highest BCUT2D eigenvalue weighted by molar-refractivity contribution is 8.00. The van der Waals surface area contributed by atoms with E-state index in [2.05, 4.69) is 34.3 Å². The molecule has 0 saturated carbocycles. The maximum atomic E-state index is 13.2. The summed E-state index contributed by atoms with van der Waals surface area (Å²) in [6.07, 6.45) is 1.89. The van der Waals surface area contributed by atoms with Crippen LogP contribution in [0.2, 0.25) is 0 Å². The minimum absolute atomic E-state index is 0.112. The van der Waals surface area contributed by atoms with Crippen LogP contribution in [0.25, 0.3) is 0 Å². The van der Waals surface area contributed by atoms with Crippen LogP contribution in [0, 0.1) is 11.7 Å². The van der Waals surface area contributed by atoms with Crippen LogP contribution in [0.4, 0.5) is 9.52 Å². The van der Waals surface area contributed by atoms with Crippen LogP contribution in [-0.2, 0) is 11.3 Å². The largest absolute Gasteiger partial charge is 0.483 e. The summed E-state index contributed by atoms with van der Waals surface area (Å²) in [5, 5.41) is 14.3. The molecule has 2 atom stereocenters. The van der Waals surface area contributed by atoms with Crippen molar-refractivity contribution >= 4 is 34.1 Å². The van der Waals surface area contributed by atoms with E-state index in [9.17, 15) is 9.18 Å². The lowest BCUT2D eigenvalue weighted by atomic mass is 10.2. The second-order valence-electron chi connectivity index (χ2n) is 7.40. The molecule has 0 bridgehead atoms. The smallest absolute Gasteiger partial charge is 0.239 e. The molecule has 2 unspecified atom stereocenters. The van der Waals surface area contributed by atoms with Crippen molar-refractivity contribution in [2.75, 3.05) is 5.32 Å². The Hall–Kier alpha value is -2.46. The van der Waals surface area contributed by atoms with Gasteiger partial charge < -0.3 is 14.6 Å². The molecule has 0 aliphatic heterocycles. The number of nitrogens with one attached hydrogen (secondary N) is 1. The van der Waals surface area contributed by atoms with Crippen LogP contribution in [0.1, 0.15) is 46.0 Å². The Morgan fingerprint density at radius 1 is 1.26 bits per heavy atom. The Balaban J connectivity index is 1.78. The van der Waals surface area contributed by atoms with Crippen LogP contribution in [0.3, 0.4) is 0 Å². The van der Waals surface area contributed by atoms with Gasteiger partial charge in [0.2, 0.25) is 5.91 Å². The molecule has 1 aromatic carbocycles. The number of carbonyl (C=O) groups excluding carboxylic acids is 1. The Morgan fingerprint density at radius 2 is 2.00 bits per heavy atom. The molecule has 0 aliphatic carbocycles. The summed E-state index contributed by atoms with van der Waals surface area (Å²) in [4.78, 5) is 16.8. The van der Waals surface area contributed by atoms with Crippen LogP contribution >= 0.6 is 23.1 Å². The molecule has 7 nitrogen and oxygen atoms in total. The van der Waals surface area contributed by atoms with Crippen molar-refractivity contribution in [1.29, 1.82) is 0 Å². The van der Waals surface area contributed by atoms with Crippen molar-refractivity contribution in [2.24, 2.45) is 5.92 Å². The third-order valence-corrected chi connectivity index (χ3v) is 6.39. The third-order valence-electron chi connectivity index (χ3n) is 4.36. The molecule has 0 spiro atoms. The van der Waals surface area contributed by atoms with E-state index in [-0.39, 0.29) is 17.0 Å². The van der Waals surface area contributed by atoms with Gasteiger partial charge >= 0.3 is 0 Å². The number of halogens is 1. The first-order valence-electron chi connectivity index (χ1n) is 10.1. The molecule has 1 N–H and O–H groups in total. The number of anilines is 1. The molecule has 0 fully saturated rings. The quantitative estimate of drug-likeness (QED) is 0.417. The standard InChI is InChI=1S/C21H26FN5O2S2/c1-5-17(19(28)24-20-23-10-11-30-20)31-21-26-25-18(27(21)12-13(2)3)14(4)29-16-8-6-15(22)7-9-16/h6-11,13-14,17H,5,12H2,1-4H3,(H,23,24,28). The molecule has 31 heavy (non-hydrogen) atoms. The molecule has 1 amide bonds. The van der Waals surface area contributed by atoms with Crippen LogP contribution in [0.15, 0.2) is 41.0 Å². The first-order chi connectivity index (χ1) is 14.9. The van der Waals surface area contributed by atoms with E-state index < -0.39 is 6.10 Å². The second-order valence-corrected chi connectivity index (χ2v) is 9.46. The first kappa shape index (κ1) is 23.2. The van der Waals surface area contributed by atoms with Crippen molar-refractivity contribution in [2.45, 2.75) is 57.2 Å². The average Bonchev–Trinajstić information content (AvgIpc) is 3.37. The van der Waals surface area contributed by atoms with Gasteiger partial charge in [0.05, 0.1) is 5.25 Å². The number of aromatic nitrogens is 4. The number of nitrogens with zero attached hydrogens (tertiary/aromatic N) is 4. The van der Waals surface area contributed by atoms with Crippen molar-refractivity contribution in [3.63, 3.8) is 0 Å². The van der Waals surface area contributed by atoms with Crippen LogP contribution in [-0.4, -0.2) is 30.9 Å². The Kier molecular flexibility index (Phi) is 8.03. The van der Waals surface area contributed by atoms with Crippen LogP contribution in [0.5, 0.6) is 5.75 Å². The molecular weight excluding hydrogens is 437 g/mol. The molecule has 3 aromatic rings. The van der Waals surface area contributed by atoms with Crippen molar-refractivity contribution in [3.05, 3.63) is 47.5 Å². The molecule has 166 valence electrons. The van der Waals surface area contributed by atoms with Crippen molar-refractivity contribution < 1.29 is 13.9 Å². The fraction of sp³-hybridized carbons (Fsp3) is 0.429. The summed E-state index contributed by atoms with van der Waals surface area (Å²) < 4.78 is 21.1. The average molecular weight is 464 g/mol. The Labute approximate surface area is 189 Å². The second kappa shape index (κ2) is 10.7. The lowest BCUT2D eigenvalue weighted by Gasteiger charge is -2.19. The van der Waals surface area contributed by atoms with E-state index in [0.717, 1.165) is 0 Å². The summed E-state index contributed by atoms with van der Waals surface area (Å²) in [6.45, 7) is 8.74. The summed E-state index contributed by atoms with van der Waals surface area (Å²) in [6, 6.07) is 5.88. The van der Waals surface area contributed by atoms with Crippen LogP contribution < -0.4 is 10.1 Å². The number of ether oxygens (including phenoxy) is 1. The molecular formula is C21H26FN5O2S2. The van der Waals surface area contributed by atoms with Gasteiger partial charge in [-0.3, -0.25) is 4.79 Å². The first-order valence-corrected chi connectivity index (χ1v) is 11.9. The third kappa shape index (κ3) is 6.27. The number of thiazole rings is 1. The van der Waals surface area contributed by atoms with Gasteiger partial charge in [-0.25, -0.2) is 9.37 Å². The highest BCUT2D eigenvalue weighted by Gasteiger charge is 2.25. The zero-order valence-corrected chi connectivity index (χ0v) is 19.5. The van der Waals surface area contributed by atoms with Gasteiger partial charge in [0.25, 0.3) is 0 Å². The molecule has 2 heterocycles. The maximum absolute atomic E-state index is 13.2. The number of hydrogen-bond donors (Lipinski definition) is 1. The summed E-state index contributed by atoms with van der Waals surface area (Å²) in [7, 11) is 0. The zero-order chi connectivity index (χ0) is 22.4. The van der Waals surface area contributed by atoms with Gasteiger partial charge in [0, 0.05) is 18.1 Å². The molecule has 0 saturated heterocycles. The summed E-state index contributed by atoms with van der Waals surface area (Å²) >= 11 is 2.76. The number of carbonyl (C=O) groups is 1. The number of thioether (sulfide) groups is 1. The van der Waals surface area contributed by atoms with E-state index in [4.69, 9.17) is 4.74 Å². The van der Waals surface area contributed by atoms with Gasteiger partial charge in [0.15, 0.2) is 22.2 Å². The summed E-state index contributed by atoms with van der Waals surface area (Å²) in [5.41, 5.74) is 0. The molecule has 0 aliphatic rings. The normalized spacial score (nSPS) is 13.2. The summed E-state index contributed by atoms with van der Waals surface area (Å²) in [5.74, 6) is 1.13. The van der Waals surface area contributed by atoms with Gasteiger partial charge in [-0.05, 0) is 43.5 Å². The van der Waals surface area contributed by atoms with E-state index in [1.54, 1.807) is 18.3 Å². The molecule has 3 rings (SSSR count). The van der Waals surface area contributed by atoms with Gasteiger partial charge in [-0.15, -0.1) is 21.5 Å². The Morgan fingerprint density at radius 3 is 2.61 bits per heavy atom. The van der Waals surface area contributed by atoms with Crippen molar-refractivity contribution in [3.8, 4) is 5.75 Å². The van der Waals surface area contributed by atoms with E-state index in [1.807, 2.05) is 23.8 Å². The minimum Gasteiger partial charge on any atom is -0.483 e. The predicted molar refractivity (Wildman–Crippen MR) is 121 cm³/mol. The van der Waals surface area contributed by atoms with Gasteiger partial charge in [-0.1, -0.05) is 32.5 Å². The SMILES string of the molecule is CCC(Sc1nnc(C(C)Oc2ccc(F)cc2)n1CC(C)C)C(=O)Nc1nccs1. The number of amides is 1. The monoisotopic (exact) mass is 463 g/mol. The van der Waals surface area contributed by atoms with E-state index >= 15 is 0 Å². The lowest BCUT2D eigenvalue weighted by molar-refractivity contribution is -0.115. The highest BCUT2D eigenvalue weighted by Crippen LogP contribution is 2.30. The molecule has 2 aromatic heterocycles. The fourth-order valence-electron chi connectivity index (χ4n) is 2.92. The fourth-order valence-corrected chi connectivity index (χ4v) is 4.42. The van der Waals surface area contributed by atoms with Gasteiger partial charge in [-0.2, -0.15) is 0 Å².